The fourth-order valence-corrected chi connectivity index (χ4v) is 3.25. The highest BCUT2D eigenvalue weighted by molar-refractivity contribution is 8.00. The van der Waals surface area contributed by atoms with E-state index in [0.29, 0.717) is 0 Å². The van der Waals surface area contributed by atoms with Crippen LogP contribution in [0.3, 0.4) is 0 Å². The molecule has 120 valence electrons. The number of nitrogens with zero attached hydrogens (tertiary/aromatic N) is 1. The third kappa shape index (κ3) is 3.37. The lowest BCUT2D eigenvalue weighted by atomic mass is 10.2. The molecule has 1 N–H and O–H groups in total. The van der Waals surface area contributed by atoms with Crippen LogP contribution < -0.4 is 19.1 Å². The predicted molar refractivity (Wildman–Crippen MR) is 92.6 cm³/mol. The van der Waals surface area contributed by atoms with Gasteiger partial charge in [0, 0.05) is 35.3 Å². The van der Waals surface area contributed by atoms with Crippen LogP contribution in [-0.2, 0) is 11.2 Å². The predicted octanol–water partition coefficient (Wildman–Crippen LogP) is 3.34. The summed E-state index contributed by atoms with van der Waals surface area (Å²) in [4.78, 5) is 13.8. The average molecular weight is 330 g/mol. The summed E-state index contributed by atoms with van der Waals surface area (Å²) in [5.74, 6) is 1.48. The smallest absolute Gasteiger partial charge is 0.214 e. The second-order valence-corrected chi connectivity index (χ2v) is 6.02. The fraction of sp³-hybridized carbons (Fsp3) is 0.235. The van der Waals surface area contributed by atoms with Crippen molar-refractivity contribution in [1.82, 2.24) is 0 Å². The van der Waals surface area contributed by atoms with Gasteiger partial charge in [-0.1, -0.05) is 0 Å². The number of ether oxygens (including phenoxy) is 2. The van der Waals surface area contributed by atoms with Gasteiger partial charge in [-0.25, -0.2) is 0 Å². The molecule has 0 atom stereocenters. The van der Waals surface area contributed by atoms with E-state index in [9.17, 15) is 4.79 Å². The van der Waals surface area contributed by atoms with Crippen LogP contribution in [0.4, 0.5) is 11.4 Å². The van der Waals surface area contributed by atoms with E-state index >= 15 is 0 Å². The maximum atomic E-state index is 11.0. The average Bonchev–Trinajstić information content (AvgIpc) is 3.01. The van der Waals surface area contributed by atoms with Crippen LogP contribution in [0.15, 0.2) is 41.3 Å². The molecule has 1 amide bonds. The van der Waals surface area contributed by atoms with E-state index in [4.69, 9.17) is 9.47 Å². The Morgan fingerprint density at radius 3 is 2.52 bits per heavy atom. The summed E-state index contributed by atoms with van der Waals surface area (Å²) in [5.41, 5.74) is 3.11. The van der Waals surface area contributed by atoms with Crippen LogP contribution in [0.5, 0.6) is 11.5 Å². The summed E-state index contributed by atoms with van der Waals surface area (Å²) in [7, 11) is 3.26. The van der Waals surface area contributed by atoms with Crippen LogP contribution >= 0.6 is 11.9 Å². The summed E-state index contributed by atoms with van der Waals surface area (Å²) in [6, 6.07) is 11.8. The molecular weight excluding hydrogens is 312 g/mol. The number of fused-ring (bicyclic) bond motifs is 1. The standard InChI is InChI=1S/C17H18N2O3S/c1-21-14-8-13(9-15(10-14)22-2)18-23-16-3-4-17-12(7-16)5-6-19(17)11-20/h3-4,7-11,18H,5-6H2,1-2H3. The molecule has 0 spiro atoms. The maximum Gasteiger partial charge on any atom is 0.214 e. The molecule has 0 unspecified atom stereocenters. The highest BCUT2D eigenvalue weighted by Gasteiger charge is 2.18. The number of nitrogens with one attached hydrogen (secondary N) is 1. The molecule has 2 aromatic rings. The van der Waals surface area contributed by atoms with Crippen molar-refractivity contribution in [2.24, 2.45) is 0 Å². The van der Waals surface area contributed by atoms with Gasteiger partial charge in [0.2, 0.25) is 6.41 Å². The van der Waals surface area contributed by atoms with Crippen molar-refractivity contribution in [3.8, 4) is 11.5 Å². The molecule has 1 heterocycles. The van der Waals surface area contributed by atoms with Crippen LogP contribution in [0.2, 0.25) is 0 Å². The van der Waals surface area contributed by atoms with Gasteiger partial charge in [0.15, 0.2) is 0 Å². The number of methoxy groups -OCH3 is 2. The molecule has 6 heteroatoms. The summed E-state index contributed by atoms with van der Waals surface area (Å²) in [6.45, 7) is 0.757. The van der Waals surface area contributed by atoms with Crippen molar-refractivity contribution in [1.29, 1.82) is 0 Å². The molecule has 0 aromatic heterocycles. The van der Waals surface area contributed by atoms with Gasteiger partial charge < -0.3 is 19.1 Å². The van der Waals surface area contributed by atoms with Crippen molar-refractivity contribution in [3.63, 3.8) is 0 Å². The number of hydrogen-bond donors (Lipinski definition) is 1. The summed E-state index contributed by atoms with van der Waals surface area (Å²) in [5, 5.41) is 0. The van der Waals surface area contributed by atoms with Crippen LogP contribution in [0.25, 0.3) is 0 Å². The van der Waals surface area contributed by atoms with E-state index in [1.807, 2.05) is 30.3 Å². The van der Waals surface area contributed by atoms with Crippen LogP contribution in [0, 0.1) is 0 Å². The Morgan fingerprint density at radius 2 is 1.87 bits per heavy atom. The summed E-state index contributed by atoms with van der Waals surface area (Å²) < 4.78 is 13.8. The quantitative estimate of drug-likeness (QED) is 0.650. The molecule has 1 aliphatic heterocycles. The second-order valence-electron chi connectivity index (χ2n) is 5.14. The van der Waals surface area contributed by atoms with E-state index in [1.165, 1.54) is 17.5 Å². The molecule has 23 heavy (non-hydrogen) atoms. The van der Waals surface area contributed by atoms with Gasteiger partial charge in [-0.3, -0.25) is 4.79 Å². The lowest BCUT2D eigenvalue weighted by Gasteiger charge is -2.12. The fourth-order valence-electron chi connectivity index (χ4n) is 2.56. The van der Waals surface area contributed by atoms with Gasteiger partial charge in [0.05, 0.1) is 19.9 Å². The Bertz CT molecular complexity index is 699. The van der Waals surface area contributed by atoms with Gasteiger partial charge in [-0.15, -0.1) is 0 Å². The zero-order valence-electron chi connectivity index (χ0n) is 13.0. The minimum Gasteiger partial charge on any atom is -0.497 e. The van der Waals surface area contributed by atoms with E-state index in [2.05, 4.69) is 10.8 Å². The topological polar surface area (TPSA) is 50.8 Å². The van der Waals surface area contributed by atoms with Crippen LogP contribution in [-0.4, -0.2) is 27.2 Å². The largest absolute Gasteiger partial charge is 0.497 e. The normalized spacial score (nSPS) is 12.7. The SMILES string of the molecule is COc1cc(NSc2ccc3c(c2)CCN3C=O)cc(OC)c1. The van der Waals surface area contributed by atoms with Crippen LogP contribution in [0.1, 0.15) is 5.56 Å². The van der Waals surface area contributed by atoms with Gasteiger partial charge in [0.1, 0.15) is 11.5 Å². The highest BCUT2D eigenvalue weighted by atomic mass is 32.2. The molecule has 0 saturated heterocycles. The first-order chi connectivity index (χ1) is 11.2. The molecule has 0 fully saturated rings. The Balaban J connectivity index is 1.73. The number of hydrogen-bond acceptors (Lipinski definition) is 5. The first kappa shape index (κ1) is 15.6. The monoisotopic (exact) mass is 330 g/mol. The van der Waals surface area contributed by atoms with Gasteiger partial charge in [0.25, 0.3) is 0 Å². The van der Waals surface area contributed by atoms with E-state index in [-0.39, 0.29) is 0 Å². The minimum atomic E-state index is 0.739. The zero-order chi connectivity index (χ0) is 16.2. The van der Waals surface area contributed by atoms with Gasteiger partial charge in [-0.05, 0) is 42.1 Å². The zero-order valence-corrected chi connectivity index (χ0v) is 13.9. The molecule has 5 nitrogen and oxygen atoms in total. The highest BCUT2D eigenvalue weighted by Crippen LogP contribution is 2.33. The minimum absolute atomic E-state index is 0.739. The first-order valence-corrected chi connectivity index (χ1v) is 8.06. The summed E-state index contributed by atoms with van der Waals surface area (Å²) >= 11 is 1.52. The van der Waals surface area contributed by atoms with Crippen molar-refractivity contribution < 1.29 is 14.3 Å². The lowest BCUT2D eigenvalue weighted by molar-refractivity contribution is -0.107. The summed E-state index contributed by atoms with van der Waals surface area (Å²) in [6.07, 6.45) is 1.79. The first-order valence-electron chi connectivity index (χ1n) is 7.24. The Kier molecular flexibility index (Phi) is 4.62. The third-order valence-electron chi connectivity index (χ3n) is 3.75. The van der Waals surface area contributed by atoms with Crippen molar-refractivity contribution >= 4 is 29.7 Å². The molecular formula is C17H18N2O3S. The Labute approximate surface area is 139 Å². The lowest BCUT2D eigenvalue weighted by Crippen LogP contribution is -2.17. The molecule has 0 radical (unpaired) electrons. The molecule has 0 bridgehead atoms. The molecule has 0 saturated carbocycles. The van der Waals surface area contributed by atoms with Crippen molar-refractivity contribution in [3.05, 3.63) is 42.0 Å². The maximum absolute atomic E-state index is 11.0. The van der Waals surface area contributed by atoms with E-state index in [1.54, 1.807) is 19.1 Å². The number of anilines is 2. The molecule has 2 aromatic carbocycles. The molecule has 1 aliphatic rings. The third-order valence-corrected chi connectivity index (χ3v) is 4.58. The second kappa shape index (κ2) is 6.83. The van der Waals surface area contributed by atoms with Crippen molar-refractivity contribution in [2.45, 2.75) is 11.3 Å². The van der Waals surface area contributed by atoms with Gasteiger partial charge in [-0.2, -0.15) is 0 Å². The number of rotatable bonds is 6. The number of amides is 1. The molecule has 0 aliphatic carbocycles. The van der Waals surface area contributed by atoms with E-state index < -0.39 is 0 Å². The number of benzene rings is 2. The van der Waals surface area contributed by atoms with E-state index in [0.717, 1.165) is 47.1 Å². The van der Waals surface area contributed by atoms with Gasteiger partial charge >= 0.3 is 0 Å². The Hall–Kier alpha value is -2.34. The molecule has 3 rings (SSSR count). The Morgan fingerprint density at radius 1 is 1.13 bits per heavy atom. The van der Waals surface area contributed by atoms with Crippen molar-refractivity contribution in [2.75, 3.05) is 30.4 Å². The number of carbonyl (C=O) groups is 1. The number of carbonyl (C=O) groups excluding carboxylic acids is 1.